The van der Waals surface area contributed by atoms with Gasteiger partial charge in [-0.25, -0.2) is 0 Å². The fourth-order valence-electron chi connectivity index (χ4n) is 2.35. The molecule has 2 aromatic carbocycles. The highest BCUT2D eigenvalue weighted by Gasteiger charge is 2.04. The second-order valence-corrected chi connectivity index (χ2v) is 5.91. The van der Waals surface area contributed by atoms with Gasteiger partial charge in [0.1, 0.15) is 11.5 Å². The highest BCUT2D eigenvalue weighted by atomic mass is 16.5. The van der Waals surface area contributed by atoms with Crippen molar-refractivity contribution in [3.8, 4) is 11.5 Å². The molecule has 0 bridgehead atoms. The lowest BCUT2D eigenvalue weighted by molar-refractivity contribution is -0.134. The molecule has 138 valence electrons. The van der Waals surface area contributed by atoms with E-state index in [0.717, 1.165) is 37.1 Å². The minimum atomic E-state index is -0.190. The van der Waals surface area contributed by atoms with E-state index < -0.39 is 0 Å². The van der Waals surface area contributed by atoms with Crippen molar-refractivity contribution in [1.29, 1.82) is 0 Å². The fourth-order valence-corrected chi connectivity index (χ4v) is 2.35. The summed E-state index contributed by atoms with van der Waals surface area (Å²) in [5, 5.41) is 8.37. The second kappa shape index (κ2) is 11.0. The molecule has 0 atom stereocenters. The zero-order chi connectivity index (χ0) is 18.6. The Balaban J connectivity index is 1.83. The van der Waals surface area contributed by atoms with Crippen LogP contribution >= 0.6 is 0 Å². The molecule has 0 radical (unpaired) electrons. The molecule has 0 N–H and O–H groups in total. The number of unbranched alkanes of at least 4 members (excludes halogenated alkanes) is 3. The first-order chi connectivity index (χ1) is 12.7. The van der Waals surface area contributed by atoms with Gasteiger partial charge in [-0.3, -0.25) is 4.79 Å². The molecule has 0 fully saturated rings. The zero-order valence-corrected chi connectivity index (χ0v) is 15.5. The number of azo groups is 1. The summed E-state index contributed by atoms with van der Waals surface area (Å²) in [4.78, 5) is 11.8. The van der Waals surface area contributed by atoms with E-state index >= 15 is 0 Å². The maximum Gasteiger partial charge on any atom is 0.311 e. The molecule has 0 saturated heterocycles. The van der Waals surface area contributed by atoms with Gasteiger partial charge >= 0.3 is 5.97 Å². The summed E-state index contributed by atoms with van der Waals surface area (Å²) in [6.07, 6.45) is 4.71. The summed E-state index contributed by atoms with van der Waals surface area (Å²) in [6, 6.07) is 14.4. The summed E-state index contributed by atoms with van der Waals surface area (Å²) < 4.78 is 10.7. The van der Waals surface area contributed by atoms with Crippen LogP contribution in [0.2, 0.25) is 0 Å². The normalized spacial score (nSPS) is 10.8. The van der Waals surface area contributed by atoms with Crippen molar-refractivity contribution in [3.05, 3.63) is 48.5 Å². The Labute approximate surface area is 155 Å². The van der Waals surface area contributed by atoms with Crippen LogP contribution in [0.4, 0.5) is 11.4 Å². The molecule has 0 aliphatic rings. The molecule has 0 aliphatic carbocycles. The Kier molecular flexibility index (Phi) is 8.33. The molecule has 5 nitrogen and oxygen atoms in total. The third-order valence-corrected chi connectivity index (χ3v) is 3.73. The first kappa shape index (κ1) is 19.6. The number of benzene rings is 2. The van der Waals surface area contributed by atoms with Gasteiger partial charge in [0.25, 0.3) is 0 Å². The molecule has 2 aromatic rings. The van der Waals surface area contributed by atoms with E-state index in [0.29, 0.717) is 24.5 Å². The maximum absolute atomic E-state index is 11.8. The van der Waals surface area contributed by atoms with Crippen molar-refractivity contribution < 1.29 is 14.3 Å². The first-order valence-electron chi connectivity index (χ1n) is 9.16. The molecular weight excluding hydrogens is 328 g/mol. The van der Waals surface area contributed by atoms with E-state index in [2.05, 4.69) is 17.2 Å². The van der Waals surface area contributed by atoms with Crippen molar-refractivity contribution in [2.75, 3.05) is 6.61 Å². The molecule has 5 heteroatoms. The number of carbonyl (C=O) groups excluding carboxylic acids is 1. The minimum absolute atomic E-state index is 0.190. The van der Waals surface area contributed by atoms with Gasteiger partial charge in [0.2, 0.25) is 0 Å². The second-order valence-electron chi connectivity index (χ2n) is 5.91. The molecular formula is C21H26N2O3. The molecule has 0 unspecified atom stereocenters. The number of ether oxygens (including phenoxy) is 2. The van der Waals surface area contributed by atoms with Crippen molar-refractivity contribution >= 4 is 17.3 Å². The third-order valence-electron chi connectivity index (χ3n) is 3.73. The van der Waals surface area contributed by atoms with Gasteiger partial charge in [-0.2, -0.15) is 10.2 Å². The zero-order valence-electron chi connectivity index (χ0n) is 15.5. The average molecular weight is 354 g/mol. The number of rotatable bonds is 10. The highest BCUT2D eigenvalue weighted by molar-refractivity contribution is 5.72. The maximum atomic E-state index is 11.8. The molecule has 0 heterocycles. The monoisotopic (exact) mass is 354 g/mol. The van der Waals surface area contributed by atoms with Crippen LogP contribution in [-0.4, -0.2) is 12.6 Å². The van der Waals surface area contributed by atoms with E-state index in [-0.39, 0.29) is 5.97 Å². The Morgan fingerprint density at radius 2 is 1.38 bits per heavy atom. The molecule has 0 aliphatic heterocycles. The predicted octanol–water partition coefficient (Wildman–Crippen LogP) is 6.38. The fraction of sp³-hybridized carbons (Fsp3) is 0.381. The van der Waals surface area contributed by atoms with Crippen LogP contribution in [0.5, 0.6) is 11.5 Å². The summed E-state index contributed by atoms with van der Waals surface area (Å²) >= 11 is 0. The van der Waals surface area contributed by atoms with Gasteiger partial charge in [0.15, 0.2) is 0 Å². The summed E-state index contributed by atoms with van der Waals surface area (Å²) in [5.41, 5.74) is 1.44. The van der Waals surface area contributed by atoms with E-state index in [4.69, 9.17) is 9.47 Å². The van der Waals surface area contributed by atoms with Crippen LogP contribution in [0.3, 0.4) is 0 Å². The SMILES string of the molecule is CCCCCCC(=O)Oc1ccc(N=Nc2ccc(OCC)cc2)cc1. The van der Waals surface area contributed by atoms with Gasteiger partial charge in [0, 0.05) is 6.42 Å². The summed E-state index contributed by atoms with van der Waals surface area (Å²) in [7, 11) is 0. The molecule has 2 rings (SSSR count). The third kappa shape index (κ3) is 7.05. The van der Waals surface area contributed by atoms with E-state index in [9.17, 15) is 4.79 Å². The topological polar surface area (TPSA) is 60.2 Å². The van der Waals surface area contributed by atoms with Gasteiger partial charge in [-0.15, -0.1) is 0 Å². The van der Waals surface area contributed by atoms with Gasteiger partial charge in [0.05, 0.1) is 18.0 Å². The molecule has 0 spiro atoms. The number of nitrogens with zero attached hydrogens (tertiary/aromatic N) is 2. The summed E-state index contributed by atoms with van der Waals surface area (Å²) in [5.74, 6) is 1.16. The number of esters is 1. The quantitative estimate of drug-likeness (QED) is 0.215. The van der Waals surface area contributed by atoms with Gasteiger partial charge < -0.3 is 9.47 Å². The Bertz CT molecular complexity index is 694. The Hall–Kier alpha value is -2.69. The van der Waals surface area contributed by atoms with E-state index in [1.807, 2.05) is 31.2 Å². The molecule has 0 aromatic heterocycles. The lowest BCUT2D eigenvalue weighted by Gasteiger charge is -2.04. The lowest BCUT2D eigenvalue weighted by atomic mass is 10.1. The molecule has 0 saturated carbocycles. The van der Waals surface area contributed by atoms with Crippen molar-refractivity contribution in [3.63, 3.8) is 0 Å². The predicted molar refractivity (Wildman–Crippen MR) is 103 cm³/mol. The van der Waals surface area contributed by atoms with Crippen molar-refractivity contribution in [1.82, 2.24) is 0 Å². The van der Waals surface area contributed by atoms with Crippen LogP contribution in [-0.2, 0) is 4.79 Å². The smallest absolute Gasteiger partial charge is 0.311 e. The number of carbonyl (C=O) groups is 1. The van der Waals surface area contributed by atoms with Crippen molar-refractivity contribution in [2.45, 2.75) is 46.0 Å². The Morgan fingerprint density at radius 3 is 1.92 bits per heavy atom. The highest BCUT2D eigenvalue weighted by Crippen LogP contribution is 2.23. The standard InChI is InChI=1S/C21H26N2O3/c1-3-5-6-7-8-21(24)26-20-15-11-18(12-16-20)23-22-17-9-13-19(14-10-17)25-4-2/h9-16H,3-8H2,1-2H3. The molecule has 0 amide bonds. The van der Waals surface area contributed by atoms with Crippen LogP contribution in [0.25, 0.3) is 0 Å². The lowest BCUT2D eigenvalue weighted by Crippen LogP contribution is -2.07. The van der Waals surface area contributed by atoms with Crippen LogP contribution < -0.4 is 9.47 Å². The molecule has 26 heavy (non-hydrogen) atoms. The minimum Gasteiger partial charge on any atom is -0.494 e. The van der Waals surface area contributed by atoms with Crippen molar-refractivity contribution in [2.24, 2.45) is 10.2 Å². The van der Waals surface area contributed by atoms with Crippen LogP contribution in [0, 0.1) is 0 Å². The number of hydrogen-bond acceptors (Lipinski definition) is 5. The number of hydrogen-bond donors (Lipinski definition) is 0. The van der Waals surface area contributed by atoms with Crippen LogP contribution in [0.15, 0.2) is 58.8 Å². The van der Waals surface area contributed by atoms with Crippen LogP contribution in [0.1, 0.15) is 46.0 Å². The first-order valence-corrected chi connectivity index (χ1v) is 9.16. The largest absolute Gasteiger partial charge is 0.494 e. The van der Waals surface area contributed by atoms with Gasteiger partial charge in [-0.05, 0) is 61.9 Å². The Morgan fingerprint density at radius 1 is 0.808 bits per heavy atom. The van der Waals surface area contributed by atoms with Gasteiger partial charge in [-0.1, -0.05) is 26.2 Å². The average Bonchev–Trinajstić information content (AvgIpc) is 2.66. The van der Waals surface area contributed by atoms with E-state index in [1.165, 1.54) is 0 Å². The van der Waals surface area contributed by atoms with E-state index in [1.54, 1.807) is 24.3 Å². The summed E-state index contributed by atoms with van der Waals surface area (Å²) in [6.45, 7) is 4.73.